The van der Waals surface area contributed by atoms with E-state index in [1.807, 2.05) is 41.7 Å². The van der Waals surface area contributed by atoms with E-state index in [9.17, 15) is 14.0 Å². The Morgan fingerprint density at radius 3 is 2.42 bits per heavy atom. The maximum atomic E-state index is 13.9. The molecule has 0 aliphatic rings. The number of anilines is 1. The topological polar surface area (TPSA) is 80.3 Å². The number of rotatable bonds is 4. The van der Waals surface area contributed by atoms with Gasteiger partial charge in [0.05, 0.1) is 27.5 Å². The van der Waals surface area contributed by atoms with Crippen molar-refractivity contribution in [3.05, 3.63) is 93.3 Å². The summed E-state index contributed by atoms with van der Waals surface area (Å²) in [5, 5.41) is 5.87. The third-order valence-electron chi connectivity index (χ3n) is 4.55. The predicted molar refractivity (Wildman–Crippen MR) is 126 cm³/mol. The molecule has 1 heterocycles. The fourth-order valence-corrected chi connectivity index (χ4v) is 3.64. The molecule has 0 saturated carbocycles. The van der Waals surface area contributed by atoms with Gasteiger partial charge in [0, 0.05) is 5.39 Å². The molecule has 0 atom stereocenters. The summed E-state index contributed by atoms with van der Waals surface area (Å²) in [6.07, 6.45) is 1.22. The number of amides is 3. The highest BCUT2D eigenvalue weighted by Gasteiger charge is 2.20. The van der Waals surface area contributed by atoms with Crippen molar-refractivity contribution in [2.75, 3.05) is 5.32 Å². The molecule has 10 heteroatoms. The van der Waals surface area contributed by atoms with Crippen LogP contribution >= 0.6 is 34.8 Å². The lowest BCUT2D eigenvalue weighted by Gasteiger charge is -2.13. The van der Waals surface area contributed by atoms with E-state index in [0.717, 1.165) is 16.8 Å². The van der Waals surface area contributed by atoms with Gasteiger partial charge in [-0.25, -0.2) is 14.2 Å². The van der Waals surface area contributed by atoms with Crippen LogP contribution < -0.4 is 15.4 Å². The Labute approximate surface area is 202 Å². The number of carbonyl (C=O) groups excluding carboxylic acids is 2. The summed E-state index contributed by atoms with van der Waals surface area (Å²) in [6, 6.07) is 15.9. The average Bonchev–Trinajstić information content (AvgIpc) is 2.79. The molecule has 0 aliphatic heterocycles. The molecule has 0 bridgehead atoms. The number of urea groups is 1. The monoisotopic (exact) mass is 503 g/mol. The van der Waals surface area contributed by atoms with E-state index >= 15 is 0 Å². The molecule has 3 aromatic carbocycles. The van der Waals surface area contributed by atoms with E-state index in [-0.39, 0.29) is 26.6 Å². The number of imide groups is 1. The molecule has 4 rings (SSSR count). The fourth-order valence-electron chi connectivity index (χ4n) is 3.03. The molecule has 0 aliphatic carbocycles. The van der Waals surface area contributed by atoms with Gasteiger partial charge >= 0.3 is 6.03 Å². The van der Waals surface area contributed by atoms with Gasteiger partial charge in [-0.2, -0.15) is 0 Å². The smallest absolute Gasteiger partial charge is 0.326 e. The van der Waals surface area contributed by atoms with Crippen molar-refractivity contribution in [3.63, 3.8) is 0 Å². The summed E-state index contributed by atoms with van der Waals surface area (Å²) < 4.78 is 19.7. The number of hydrogen-bond acceptors (Lipinski definition) is 4. The van der Waals surface area contributed by atoms with E-state index in [1.165, 1.54) is 18.3 Å². The van der Waals surface area contributed by atoms with Gasteiger partial charge in [-0.05, 0) is 23.6 Å². The summed E-state index contributed by atoms with van der Waals surface area (Å²) in [5.41, 5.74) is -0.452. The zero-order valence-electron chi connectivity index (χ0n) is 16.5. The minimum Gasteiger partial charge on any atom is -0.437 e. The van der Waals surface area contributed by atoms with Gasteiger partial charge in [-0.3, -0.25) is 10.1 Å². The third kappa shape index (κ3) is 4.85. The number of fused-ring (bicyclic) bond motifs is 1. The van der Waals surface area contributed by atoms with E-state index < -0.39 is 23.3 Å². The number of pyridine rings is 1. The minimum atomic E-state index is -1.03. The molecular formula is C23H13Cl3FN3O3. The van der Waals surface area contributed by atoms with E-state index in [4.69, 9.17) is 39.5 Å². The molecule has 0 fully saturated rings. The zero-order valence-corrected chi connectivity index (χ0v) is 18.8. The van der Waals surface area contributed by atoms with Crippen LogP contribution in [-0.4, -0.2) is 16.9 Å². The number of halogens is 4. The highest BCUT2D eigenvalue weighted by atomic mass is 35.5. The molecule has 166 valence electrons. The van der Waals surface area contributed by atoms with Crippen LogP contribution in [0.3, 0.4) is 0 Å². The summed E-state index contributed by atoms with van der Waals surface area (Å²) in [6.45, 7) is 0. The van der Waals surface area contributed by atoms with Crippen LogP contribution in [0.5, 0.6) is 11.6 Å². The van der Waals surface area contributed by atoms with Gasteiger partial charge in [0.15, 0.2) is 0 Å². The van der Waals surface area contributed by atoms with Crippen molar-refractivity contribution >= 4 is 63.2 Å². The zero-order chi connectivity index (χ0) is 23.5. The Hall–Kier alpha value is -3.39. The first-order valence-electron chi connectivity index (χ1n) is 9.41. The third-order valence-corrected chi connectivity index (χ3v) is 5.70. The highest BCUT2D eigenvalue weighted by Crippen LogP contribution is 2.39. The predicted octanol–water partition coefficient (Wildman–Crippen LogP) is 7.09. The first-order chi connectivity index (χ1) is 15.8. The second-order valence-corrected chi connectivity index (χ2v) is 7.85. The second kappa shape index (κ2) is 9.62. The van der Waals surface area contributed by atoms with Crippen molar-refractivity contribution in [2.45, 2.75) is 0 Å². The van der Waals surface area contributed by atoms with Gasteiger partial charge in [-0.15, -0.1) is 0 Å². The number of nitrogens with zero attached hydrogens (tertiary/aromatic N) is 1. The molecule has 0 radical (unpaired) electrons. The molecular weight excluding hydrogens is 492 g/mol. The first-order valence-corrected chi connectivity index (χ1v) is 10.5. The average molecular weight is 505 g/mol. The lowest BCUT2D eigenvalue weighted by atomic mass is 10.1. The number of aromatic nitrogens is 1. The molecule has 0 unspecified atom stereocenters. The Morgan fingerprint density at radius 2 is 1.64 bits per heavy atom. The van der Waals surface area contributed by atoms with Crippen LogP contribution in [0.1, 0.15) is 10.4 Å². The van der Waals surface area contributed by atoms with E-state index in [0.29, 0.717) is 5.75 Å². The van der Waals surface area contributed by atoms with Gasteiger partial charge in [-0.1, -0.05) is 77.3 Å². The molecule has 33 heavy (non-hydrogen) atoms. The summed E-state index contributed by atoms with van der Waals surface area (Å²) in [4.78, 5) is 28.6. The Morgan fingerprint density at radius 1 is 0.909 bits per heavy atom. The second-order valence-electron chi connectivity index (χ2n) is 6.69. The first kappa shape index (κ1) is 22.8. The molecule has 2 N–H and O–H groups in total. The molecule has 0 spiro atoms. The Balaban J connectivity index is 1.51. The van der Waals surface area contributed by atoms with Crippen LogP contribution in [0.15, 0.2) is 66.9 Å². The largest absolute Gasteiger partial charge is 0.437 e. The standard InChI is InChI=1S/C23H13Cl3FN3O3/c24-14-8-4-9-15(27)18(14)21(31)30-23(32)29-16-11-28-22(20(26)19(16)25)33-17-10-3-6-12-5-1-2-7-13(12)17/h1-11H,(H2,29,30,31,32). The summed E-state index contributed by atoms with van der Waals surface area (Å²) in [5.74, 6) is -1.35. The van der Waals surface area contributed by atoms with Crippen molar-refractivity contribution in [3.8, 4) is 11.6 Å². The lowest BCUT2D eigenvalue weighted by Crippen LogP contribution is -2.35. The van der Waals surface area contributed by atoms with Crippen molar-refractivity contribution in [1.29, 1.82) is 0 Å². The van der Waals surface area contributed by atoms with Gasteiger partial charge in [0.25, 0.3) is 5.91 Å². The van der Waals surface area contributed by atoms with Crippen LogP contribution in [0, 0.1) is 5.82 Å². The number of benzene rings is 3. The van der Waals surface area contributed by atoms with Crippen LogP contribution in [0.2, 0.25) is 15.1 Å². The molecule has 0 saturated heterocycles. The molecule has 6 nitrogen and oxygen atoms in total. The van der Waals surface area contributed by atoms with Gasteiger partial charge in [0.1, 0.15) is 16.6 Å². The normalized spacial score (nSPS) is 10.7. The van der Waals surface area contributed by atoms with E-state index in [2.05, 4.69) is 10.3 Å². The molecule has 1 aromatic heterocycles. The number of hydrogen-bond donors (Lipinski definition) is 2. The minimum absolute atomic E-state index is 0.0110. The number of ether oxygens (including phenoxy) is 1. The Bertz CT molecular complexity index is 1370. The lowest BCUT2D eigenvalue weighted by molar-refractivity contribution is 0.0963. The van der Waals surface area contributed by atoms with Gasteiger partial charge in [0.2, 0.25) is 5.88 Å². The highest BCUT2D eigenvalue weighted by molar-refractivity contribution is 6.44. The molecule has 4 aromatic rings. The van der Waals surface area contributed by atoms with Crippen LogP contribution in [0.4, 0.5) is 14.9 Å². The van der Waals surface area contributed by atoms with Crippen LogP contribution in [-0.2, 0) is 0 Å². The van der Waals surface area contributed by atoms with Crippen LogP contribution in [0.25, 0.3) is 10.8 Å². The van der Waals surface area contributed by atoms with Crippen molar-refractivity contribution < 1.29 is 18.7 Å². The maximum absolute atomic E-state index is 13.9. The SMILES string of the molecule is O=C(NC(=O)c1c(F)cccc1Cl)Nc1cnc(Oc2cccc3ccccc23)c(Cl)c1Cl. The van der Waals surface area contributed by atoms with Crippen molar-refractivity contribution in [1.82, 2.24) is 10.3 Å². The fraction of sp³-hybridized carbons (Fsp3) is 0. The van der Waals surface area contributed by atoms with Gasteiger partial charge < -0.3 is 10.1 Å². The maximum Gasteiger partial charge on any atom is 0.326 e. The summed E-state index contributed by atoms with van der Waals surface area (Å²) >= 11 is 18.4. The number of carbonyl (C=O) groups is 2. The summed E-state index contributed by atoms with van der Waals surface area (Å²) in [7, 11) is 0. The quantitative estimate of drug-likeness (QED) is 0.311. The van der Waals surface area contributed by atoms with Crippen molar-refractivity contribution in [2.24, 2.45) is 0 Å². The number of nitrogens with one attached hydrogen (secondary N) is 2. The Kier molecular flexibility index (Phi) is 6.65. The van der Waals surface area contributed by atoms with E-state index in [1.54, 1.807) is 6.07 Å². The molecule has 3 amide bonds.